The van der Waals surface area contributed by atoms with Crippen molar-refractivity contribution < 1.29 is 9.53 Å². The van der Waals surface area contributed by atoms with Crippen molar-refractivity contribution >= 4 is 11.6 Å². The molecular weight excluding hydrogens is 338 g/mol. The summed E-state index contributed by atoms with van der Waals surface area (Å²) in [5.41, 5.74) is 0.796. The summed E-state index contributed by atoms with van der Waals surface area (Å²) in [7, 11) is 2.00. The van der Waals surface area contributed by atoms with Crippen LogP contribution in [-0.2, 0) is 4.79 Å². The lowest BCUT2D eigenvalue weighted by Crippen LogP contribution is -2.39. The number of piperidine rings is 1. The van der Waals surface area contributed by atoms with Gasteiger partial charge in [-0.2, -0.15) is 0 Å². The van der Waals surface area contributed by atoms with Crippen LogP contribution in [0.5, 0.6) is 11.5 Å². The molecule has 0 spiro atoms. The molecule has 0 radical (unpaired) electrons. The summed E-state index contributed by atoms with van der Waals surface area (Å²) in [5, 5.41) is 6.20. The average Bonchev–Trinajstić information content (AvgIpc) is 2.70. The quantitative estimate of drug-likeness (QED) is 0.746. The molecule has 5 nitrogen and oxygen atoms in total. The maximum Gasteiger partial charge on any atom is 0.238 e. The van der Waals surface area contributed by atoms with Crippen LogP contribution >= 0.6 is 0 Å². The molecule has 1 heterocycles. The van der Waals surface area contributed by atoms with Crippen molar-refractivity contribution in [3.8, 4) is 11.5 Å². The van der Waals surface area contributed by atoms with Gasteiger partial charge >= 0.3 is 0 Å². The van der Waals surface area contributed by atoms with Crippen LogP contribution in [0.15, 0.2) is 54.6 Å². The van der Waals surface area contributed by atoms with Crippen molar-refractivity contribution in [3.63, 3.8) is 0 Å². The van der Waals surface area contributed by atoms with Crippen LogP contribution in [-0.4, -0.2) is 44.0 Å². The third-order valence-corrected chi connectivity index (χ3v) is 4.99. The second-order valence-corrected chi connectivity index (χ2v) is 7.10. The molecule has 2 N–H and O–H groups in total. The van der Waals surface area contributed by atoms with E-state index in [9.17, 15) is 4.79 Å². The minimum absolute atomic E-state index is 0.0420. The molecule has 3 rings (SSSR count). The Kier molecular flexibility index (Phi) is 7.25. The van der Waals surface area contributed by atoms with Crippen LogP contribution < -0.4 is 15.4 Å². The van der Waals surface area contributed by atoms with Crippen LogP contribution in [0.4, 0.5) is 5.69 Å². The molecule has 0 saturated carbocycles. The minimum atomic E-state index is 0.0420. The van der Waals surface area contributed by atoms with Gasteiger partial charge in [-0.05, 0) is 88.3 Å². The number of para-hydroxylation sites is 1. The van der Waals surface area contributed by atoms with Crippen LogP contribution in [0.1, 0.15) is 19.3 Å². The molecule has 2 aromatic carbocycles. The summed E-state index contributed by atoms with van der Waals surface area (Å²) in [6, 6.07) is 17.2. The molecule has 0 bridgehead atoms. The molecule has 0 atom stereocenters. The van der Waals surface area contributed by atoms with E-state index in [1.807, 2.05) is 61.6 Å². The lowest BCUT2D eigenvalue weighted by atomic mass is 9.93. The first-order valence-electron chi connectivity index (χ1n) is 9.72. The Morgan fingerprint density at radius 3 is 2.37 bits per heavy atom. The van der Waals surface area contributed by atoms with Gasteiger partial charge < -0.3 is 15.4 Å². The smallest absolute Gasteiger partial charge is 0.238 e. The summed E-state index contributed by atoms with van der Waals surface area (Å²) < 4.78 is 5.77. The first-order chi connectivity index (χ1) is 13.2. The maximum atomic E-state index is 12.3. The van der Waals surface area contributed by atoms with Crippen molar-refractivity contribution in [2.75, 3.05) is 38.5 Å². The topological polar surface area (TPSA) is 53.6 Å². The van der Waals surface area contributed by atoms with E-state index in [1.165, 1.54) is 19.3 Å². The molecule has 1 amide bonds. The molecule has 0 unspecified atom stereocenters. The molecule has 0 aliphatic carbocycles. The summed E-state index contributed by atoms with van der Waals surface area (Å²) in [6.07, 6.45) is 3.59. The van der Waals surface area contributed by atoms with Gasteiger partial charge in [0.1, 0.15) is 11.5 Å². The highest BCUT2D eigenvalue weighted by Crippen LogP contribution is 2.23. The zero-order valence-electron chi connectivity index (χ0n) is 16.0. The van der Waals surface area contributed by atoms with Gasteiger partial charge in [0.25, 0.3) is 0 Å². The fourth-order valence-electron chi connectivity index (χ4n) is 3.42. The lowest BCUT2D eigenvalue weighted by Gasteiger charge is -2.31. The van der Waals surface area contributed by atoms with Crippen LogP contribution in [0.3, 0.4) is 0 Å². The fraction of sp³-hybridized carbons (Fsp3) is 0.409. The van der Waals surface area contributed by atoms with E-state index in [2.05, 4.69) is 15.5 Å². The number of amides is 1. The normalized spacial score (nSPS) is 15.4. The lowest BCUT2D eigenvalue weighted by molar-refractivity contribution is -0.117. The third kappa shape index (κ3) is 6.38. The predicted molar refractivity (Wildman–Crippen MR) is 109 cm³/mol. The Hall–Kier alpha value is -2.37. The number of nitrogens with zero attached hydrogens (tertiary/aromatic N) is 1. The third-order valence-electron chi connectivity index (χ3n) is 4.99. The maximum absolute atomic E-state index is 12.3. The largest absolute Gasteiger partial charge is 0.457 e. The highest BCUT2D eigenvalue weighted by Gasteiger charge is 2.20. The molecule has 1 aliphatic rings. The SMILES string of the molecule is CNCCC1CCN(CC(=O)Nc2ccc(Oc3ccccc3)cc2)CC1. The van der Waals surface area contributed by atoms with Crippen molar-refractivity contribution in [3.05, 3.63) is 54.6 Å². The number of hydrogen-bond acceptors (Lipinski definition) is 4. The molecule has 27 heavy (non-hydrogen) atoms. The van der Waals surface area contributed by atoms with E-state index in [4.69, 9.17) is 4.74 Å². The Bertz CT molecular complexity index is 695. The van der Waals surface area contributed by atoms with E-state index in [1.54, 1.807) is 0 Å². The van der Waals surface area contributed by atoms with E-state index >= 15 is 0 Å². The van der Waals surface area contributed by atoms with Crippen molar-refractivity contribution in [1.29, 1.82) is 0 Å². The predicted octanol–water partition coefficient (Wildman–Crippen LogP) is 3.74. The molecule has 5 heteroatoms. The molecule has 1 aliphatic heterocycles. The first-order valence-corrected chi connectivity index (χ1v) is 9.72. The fourth-order valence-corrected chi connectivity index (χ4v) is 3.42. The van der Waals surface area contributed by atoms with E-state index in [0.29, 0.717) is 6.54 Å². The Morgan fingerprint density at radius 1 is 1.04 bits per heavy atom. The van der Waals surface area contributed by atoms with Gasteiger partial charge in [0.2, 0.25) is 5.91 Å². The number of rotatable bonds is 8. The zero-order chi connectivity index (χ0) is 18.9. The van der Waals surface area contributed by atoms with Crippen LogP contribution in [0.2, 0.25) is 0 Å². The summed E-state index contributed by atoms with van der Waals surface area (Å²) in [4.78, 5) is 14.6. The van der Waals surface area contributed by atoms with Crippen LogP contribution in [0, 0.1) is 5.92 Å². The summed E-state index contributed by atoms with van der Waals surface area (Å²) in [5.74, 6) is 2.38. The van der Waals surface area contributed by atoms with Gasteiger partial charge in [0.15, 0.2) is 0 Å². The molecule has 1 saturated heterocycles. The number of carbonyl (C=O) groups is 1. The van der Waals surface area contributed by atoms with Crippen molar-refractivity contribution in [2.24, 2.45) is 5.92 Å². The zero-order valence-corrected chi connectivity index (χ0v) is 16.0. The standard InChI is InChI=1S/C22H29N3O2/c1-23-14-11-18-12-15-25(16-13-18)17-22(26)24-19-7-9-21(10-8-19)27-20-5-3-2-4-6-20/h2-10,18,23H,11-17H2,1H3,(H,24,26). The van der Waals surface area contributed by atoms with E-state index < -0.39 is 0 Å². The van der Waals surface area contributed by atoms with Gasteiger partial charge in [-0.15, -0.1) is 0 Å². The van der Waals surface area contributed by atoms with E-state index in [-0.39, 0.29) is 5.91 Å². The number of carbonyl (C=O) groups excluding carboxylic acids is 1. The average molecular weight is 367 g/mol. The Morgan fingerprint density at radius 2 is 1.70 bits per heavy atom. The minimum Gasteiger partial charge on any atom is -0.457 e. The van der Waals surface area contributed by atoms with Gasteiger partial charge in [-0.1, -0.05) is 18.2 Å². The van der Waals surface area contributed by atoms with Gasteiger partial charge in [0, 0.05) is 5.69 Å². The Balaban J connectivity index is 1.42. The second-order valence-electron chi connectivity index (χ2n) is 7.10. The van der Waals surface area contributed by atoms with Crippen molar-refractivity contribution in [1.82, 2.24) is 10.2 Å². The number of likely N-dealkylation sites (tertiary alicyclic amines) is 1. The van der Waals surface area contributed by atoms with Gasteiger partial charge in [0.05, 0.1) is 6.54 Å². The number of benzene rings is 2. The monoisotopic (exact) mass is 367 g/mol. The molecule has 2 aromatic rings. The Labute approximate surface area is 161 Å². The van der Waals surface area contributed by atoms with Crippen molar-refractivity contribution in [2.45, 2.75) is 19.3 Å². The molecule has 1 fully saturated rings. The number of ether oxygens (including phenoxy) is 1. The van der Waals surface area contributed by atoms with Gasteiger partial charge in [-0.3, -0.25) is 9.69 Å². The molecule has 0 aromatic heterocycles. The highest BCUT2D eigenvalue weighted by atomic mass is 16.5. The highest BCUT2D eigenvalue weighted by molar-refractivity contribution is 5.92. The second kappa shape index (κ2) is 10.1. The molecule has 144 valence electrons. The number of nitrogens with one attached hydrogen (secondary N) is 2. The summed E-state index contributed by atoms with van der Waals surface area (Å²) >= 11 is 0. The number of hydrogen-bond donors (Lipinski definition) is 2. The molecular formula is C22H29N3O2. The van der Waals surface area contributed by atoms with Gasteiger partial charge in [-0.25, -0.2) is 0 Å². The van der Waals surface area contributed by atoms with Crippen LogP contribution in [0.25, 0.3) is 0 Å². The number of anilines is 1. The van der Waals surface area contributed by atoms with E-state index in [0.717, 1.165) is 42.7 Å². The summed E-state index contributed by atoms with van der Waals surface area (Å²) in [6.45, 7) is 3.55. The first kappa shape index (κ1) is 19.4.